The van der Waals surface area contributed by atoms with E-state index in [0.717, 1.165) is 0 Å². The molecule has 21 heavy (non-hydrogen) atoms. The van der Waals surface area contributed by atoms with Gasteiger partial charge in [0.15, 0.2) is 0 Å². The number of rotatable bonds is 14. The zero-order valence-electron chi connectivity index (χ0n) is 13.4. The van der Waals surface area contributed by atoms with Crippen molar-refractivity contribution in [2.75, 3.05) is 0 Å². The van der Waals surface area contributed by atoms with Gasteiger partial charge in [0.05, 0.1) is 0 Å². The van der Waals surface area contributed by atoms with Crippen LogP contribution in [0.15, 0.2) is 75.9 Å². The van der Waals surface area contributed by atoms with E-state index in [1.807, 2.05) is 0 Å². The third kappa shape index (κ3) is 6.97. The van der Waals surface area contributed by atoms with Crippen LogP contribution in [-0.2, 0) is 0 Å². The molecule has 0 atom stereocenters. The van der Waals surface area contributed by atoms with Gasteiger partial charge in [0.2, 0.25) is 0 Å². The van der Waals surface area contributed by atoms with Crippen LogP contribution in [0.1, 0.15) is 0 Å². The van der Waals surface area contributed by atoms with E-state index < -0.39 is 11.2 Å². The second kappa shape index (κ2) is 11.3. The molecule has 3 heteroatoms. The summed E-state index contributed by atoms with van der Waals surface area (Å²) in [5, 5.41) is 0. The maximum atomic E-state index is 4.02. The number of allylic oxidation sites excluding steroid dienone is 6. The standard InChI is InChI=1S/C18H30Si2Te/c1-7-13-19(14-8-2,15-9-3)21-20(16-10-4,17-11-5)18-12-6/h7-12H,1-6,13-18H2. The minimum absolute atomic E-state index is 0.0912. The quantitative estimate of drug-likeness (QED) is 0.245. The van der Waals surface area contributed by atoms with E-state index in [0.29, 0.717) is 0 Å². The van der Waals surface area contributed by atoms with Crippen molar-refractivity contribution in [2.45, 2.75) is 36.3 Å². The van der Waals surface area contributed by atoms with Gasteiger partial charge in [0, 0.05) is 0 Å². The van der Waals surface area contributed by atoms with E-state index in [1.54, 1.807) is 0 Å². The average Bonchev–Trinajstić information content (AvgIpc) is 2.40. The van der Waals surface area contributed by atoms with Crippen molar-refractivity contribution in [2.24, 2.45) is 0 Å². The molecule has 0 aromatic rings. The molecule has 0 aromatic heterocycles. The second-order valence-electron chi connectivity index (χ2n) is 5.42. The predicted octanol–water partition coefficient (Wildman–Crippen LogP) is 5.70. The van der Waals surface area contributed by atoms with Gasteiger partial charge in [0.1, 0.15) is 0 Å². The molecule has 0 heterocycles. The second-order valence-corrected chi connectivity index (χ2v) is 33.5. The fourth-order valence-electron chi connectivity index (χ4n) is 2.79. The first kappa shape index (κ1) is 20.7. The summed E-state index contributed by atoms with van der Waals surface area (Å²) >= 11 is -0.0912. The van der Waals surface area contributed by atoms with E-state index in [-0.39, 0.29) is 19.3 Å². The summed E-state index contributed by atoms with van der Waals surface area (Å²) in [4.78, 5) is 0. The summed E-state index contributed by atoms with van der Waals surface area (Å²) in [6.45, 7) is 24.1. The van der Waals surface area contributed by atoms with Gasteiger partial charge in [-0.05, 0) is 0 Å². The van der Waals surface area contributed by atoms with Gasteiger partial charge >= 0.3 is 143 Å². The molecule has 0 radical (unpaired) electrons. The molecular formula is C18H30Si2Te. The Morgan fingerprint density at radius 3 is 0.810 bits per heavy atom. The molecule has 0 fully saturated rings. The van der Waals surface area contributed by atoms with Crippen LogP contribution in [0.3, 0.4) is 0 Å². The number of hydrogen-bond acceptors (Lipinski definition) is 0. The van der Waals surface area contributed by atoms with Crippen molar-refractivity contribution < 1.29 is 0 Å². The normalized spacial score (nSPS) is 11.4. The topological polar surface area (TPSA) is 0 Å². The fourth-order valence-corrected chi connectivity index (χ4v) is 55.1. The van der Waals surface area contributed by atoms with Crippen molar-refractivity contribution in [3.8, 4) is 0 Å². The van der Waals surface area contributed by atoms with Gasteiger partial charge in [-0.3, -0.25) is 0 Å². The van der Waals surface area contributed by atoms with Crippen LogP contribution in [0.5, 0.6) is 0 Å². The molecule has 0 N–H and O–H groups in total. The van der Waals surface area contributed by atoms with Crippen LogP contribution < -0.4 is 0 Å². The molecular weight excluding hydrogens is 400 g/mol. The summed E-state index contributed by atoms with van der Waals surface area (Å²) in [7, 11) is 0. The van der Waals surface area contributed by atoms with Crippen molar-refractivity contribution in [3.05, 3.63) is 75.9 Å². The van der Waals surface area contributed by atoms with Gasteiger partial charge in [-0.2, -0.15) is 0 Å². The first-order valence-corrected chi connectivity index (χ1v) is 19.5. The van der Waals surface area contributed by atoms with Crippen molar-refractivity contribution >= 4 is 30.6 Å². The van der Waals surface area contributed by atoms with Gasteiger partial charge in [-0.1, -0.05) is 0 Å². The van der Waals surface area contributed by atoms with Crippen LogP contribution in [-0.4, -0.2) is 30.6 Å². The molecule has 0 saturated heterocycles. The first-order chi connectivity index (χ1) is 10.1. The molecule has 0 unspecified atom stereocenters. The maximum absolute atomic E-state index is 4.02. The molecule has 0 aliphatic carbocycles. The zero-order valence-corrected chi connectivity index (χ0v) is 17.7. The summed E-state index contributed by atoms with van der Waals surface area (Å²) in [6, 6.07) is 7.21. The summed E-state index contributed by atoms with van der Waals surface area (Å²) in [5.74, 6) is 0. The van der Waals surface area contributed by atoms with Gasteiger partial charge < -0.3 is 0 Å². The van der Waals surface area contributed by atoms with Crippen LogP contribution in [0, 0.1) is 0 Å². The van der Waals surface area contributed by atoms with Gasteiger partial charge in [-0.15, -0.1) is 0 Å². The van der Waals surface area contributed by atoms with E-state index >= 15 is 0 Å². The van der Waals surface area contributed by atoms with Gasteiger partial charge in [-0.25, -0.2) is 0 Å². The molecule has 0 saturated carbocycles. The van der Waals surface area contributed by atoms with E-state index in [1.165, 1.54) is 36.3 Å². The zero-order chi connectivity index (χ0) is 16.2. The third-order valence-electron chi connectivity index (χ3n) is 3.53. The molecule has 0 nitrogen and oxygen atoms in total. The Morgan fingerprint density at radius 2 is 0.667 bits per heavy atom. The van der Waals surface area contributed by atoms with Crippen LogP contribution >= 0.6 is 0 Å². The molecule has 0 rings (SSSR count). The summed E-state index contributed by atoms with van der Waals surface area (Å²) in [5.41, 5.74) is -2.70. The van der Waals surface area contributed by atoms with Crippen molar-refractivity contribution in [3.63, 3.8) is 0 Å². The predicted molar refractivity (Wildman–Crippen MR) is 107 cm³/mol. The Kier molecular flexibility index (Phi) is 11.1. The Morgan fingerprint density at radius 1 is 0.476 bits per heavy atom. The molecule has 0 aliphatic heterocycles. The summed E-state index contributed by atoms with van der Waals surface area (Å²) < 4.78 is 0. The molecule has 0 aliphatic rings. The first-order valence-electron chi connectivity index (χ1n) is 7.43. The molecule has 0 spiro atoms. The SMILES string of the molecule is C=CC[Si](CC=C)(CC=C)[Te][Si](CC=C)(CC=C)CC=C. The van der Waals surface area contributed by atoms with Crippen LogP contribution in [0.25, 0.3) is 0 Å². The Balaban J connectivity index is 5.60. The van der Waals surface area contributed by atoms with E-state index in [4.69, 9.17) is 0 Å². The minimum atomic E-state index is -1.35. The molecule has 0 amide bonds. The van der Waals surface area contributed by atoms with E-state index in [9.17, 15) is 0 Å². The molecule has 116 valence electrons. The Bertz CT molecular complexity index is 296. The average molecular weight is 430 g/mol. The Labute approximate surface area is 142 Å². The number of hydrogen-bond donors (Lipinski definition) is 0. The molecule has 0 aromatic carbocycles. The Hall–Kier alpha value is -0.337. The van der Waals surface area contributed by atoms with Gasteiger partial charge in [0.25, 0.3) is 0 Å². The molecule has 0 bridgehead atoms. The summed E-state index contributed by atoms with van der Waals surface area (Å²) in [6.07, 6.45) is 12.8. The third-order valence-corrected chi connectivity index (χ3v) is 44.0. The van der Waals surface area contributed by atoms with Crippen molar-refractivity contribution in [1.82, 2.24) is 0 Å². The monoisotopic (exact) mass is 432 g/mol. The van der Waals surface area contributed by atoms with Crippen molar-refractivity contribution in [1.29, 1.82) is 0 Å². The van der Waals surface area contributed by atoms with E-state index in [2.05, 4.69) is 75.9 Å². The van der Waals surface area contributed by atoms with Crippen LogP contribution in [0.4, 0.5) is 0 Å². The van der Waals surface area contributed by atoms with Crippen LogP contribution in [0.2, 0.25) is 36.3 Å². The fraction of sp³-hybridized carbons (Fsp3) is 0.333.